The average Bonchev–Trinajstić information content (AvgIpc) is 3.23. The molecule has 6 nitrogen and oxygen atoms in total. The van der Waals surface area contributed by atoms with Crippen molar-refractivity contribution in [3.05, 3.63) is 52.8 Å². The van der Waals surface area contributed by atoms with Gasteiger partial charge in [0.15, 0.2) is 11.6 Å². The summed E-state index contributed by atoms with van der Waals surface area (Å²) in [5.74, 6) is 0.0472. The summed E-state index contributed by atoms with van der Waals surface area (Å²) in [6.07, 6.45) is 4.45. The van der Waals surface area contributed by atoms with Gasteiger partial charge in [-0.15, -0.1) is 0 Å². The van der Waals surface area contributed by atoms with Crippen molar-refractivity contribution in [1.29, 1.82) is 0 Å². The van der Waals surface area contributed by atoms with Crippen LogP contribution in [0.1, 0.15) is 114 Å². The Kier molecular flexibility index (Phi) is 15.5. The van der Waals surface area contributed by atoms with Gasteiger partial charge in [-0.05, 0) is 56.2 Å². The molecule has 1 aromatic heterocycles. The Morgan fingerprint density at radius 3 is 1.75 bits per heavy atom. The van der Waals surface area contributed by atoms with Gasteiger partial charge in [0, 0.05) is 20.4 Å². The van der Waals surface area contributed by atoms with Crippen molar-refractivity contribution in [1.82, 2.24) is 15.1 Å². The molecule has 1 aromatic carbocycles. The van der Waals surface area contributed by atoms with Gasteiger partial charge in [-0.25, -0.2) is 0 Å². The molecule has 0 spiro atoms. The quantitative estimate of drug-likeness (QED) is 0.369. The normalized spacial score (nSPS) is 10.6. The number of ketones is 2. The molecule has 1 N–H and O–H groups in total. The van der Waals surface area contributed by atoms with Gasteiger partial charge in [-0.1, -0.05) is 72.2 Å². The van der Waals surface area contributed by atoms with Gasteiger partial charge in [0.1, 0.15) is 11.4 Å². The molecule has 36 heavy (non-hydrogen) atoms. The van der Waals surface area contributed by atoms with Crippen LogP contribution in [0.15, 0.2) is 30.3 Å². The Bertz CT molecular complexity index is 918. The minimum absolute atomic E-state index is 0.0903. The van der Waals surface area contributed by atoms with Crippen LogP contribution in [-0.4, -0.2) is 33.8 Å². The Morgan fingerprint density at radius 1 is 0.917 bits per heavy atom. The number of benzene rings is 1. The number of hydrogen-bond donors (Lipinski definition) is 1. The molecule has 0 aliphatic rings. The highest BCUT2D eigenvalue weighted by Gasteiger charge is 2.30. The summed E-state index contributed by atoms with van der Waals surface area (Å²) >= 11 is 0. The Morgan fingerprint density at radius 2 is 1.39 bits per heavy atom. The van der Waals surface area contributed by atoms with E-state index < -0.39 is 5.41 Å². The monoisotopic (exact) mass is 499 g/mol. The van der Waals surface area contributed by atoms with E-state index in [1.165, 1.54) is 42.1 Å². The fourth-order valence-electron chi connectivity index (χ4n) is 3.16. The van der Waals surface area contributed by atoms with Crippen LogP contribution in [0.4, 0.5) is 0 Å². The Balaban J connectivity index is 0.000000775. The van der Waals surface area contributed by atoms with Crippen LogP contribution in [0.5, 0.6) is 0 Å². The fraction of sp³-hybridized carbons (Fsp3) is 0.600. The maximum Gasteiger partial charge on any atom is 0.227 e. The minimum atomic E-state index is -0.735. The van der Waals surface area contributed by atoms with Crippen molar-refractivity contribution >= 4 is 17.5 Å². The van der Waals surface area contributed by atoms with Crippen LogP contribution in [0.3, 0.4) is 0 Å². The van der Waals surface area contributed by atoms with Crippen molar-refractivity contribution in [3.8, 4) is 0 Å². The first-order chi connectivity index (χ1) is 16.8. The van der Waals surface area contributed by atoms with E-state index in [0.29, 0.717) is 18.2 Å². The first-order valence-electron chi connectivity index (χ1n) is 13.3. The summed E-state index contributed by atoms with van der Waals surface area (Å²) < 4.78 is 1.46. The number of carbonyl (C=O) groups is 3. The predicted octanol–water partition coefficient (Wildman–Crippen LogP) is 6.70. The average molecular weight is 500 g/mol. The molecule has 1 amide bonds. The van der Waals surface area contributed by atoms with Crippen LogP contribution in [0.25, 0.3) is 0 Å². The summed E-state index contributed by atoms with van der Waals surface area (Å²) in [4.78, 5) is 35.6. The summed E-state index contributed by atoms with van der Waals surface area (Å²) in [6.45, 7) is 20.1. The smallest absolute Gasteiger partial charge is 0.227 e. The van der Waals surface area contributed by atoms with Crippen LogP contribution in [0.2, 0.25) is 0 Å². The van der Waals surface area contributed by atoms with Crippen LogP contribution in [-0.2, 0) is 24.2 Å². The molecule has 0 saturated carbocycles. The Labute approximate surface area is 219 Å². The molecular formula is C30H49N3O3. The van der Waals surface area contributed by atoms with E-state index in [-0.39, 0.29) is 29.7 Å². The molecule has 0 unspecified atom stereocenters. The van der Waals surface area contributed by atoms with E-state index in [4.69, 9.17) is 0 Å². The third-order valence-electron chi connectivity index (χ3n) is 5.51. The number of amides is 1. The number of Topliss-reactive ketones (excluding diaryl/α,β-unsaturated/α-hetero) is 2. The molecule has 0 fully saturated rings. The largest absolute Gasteiger partial charge is 0.356 e. The van der Waals surface area contributed by atoms with Gasteiger partial charge in [0.25, 0.3) is 0 Å². The first kappa shape index (κ1) is 33.2. The number of nitrogens with zero attached hydrogens (tertiary/aromatic N) is 2. The number of nitrogens with one attached hydrogen (secondary N) is 1. The molecule has 0 bridgehead atoms. The number of hydrogen-bond acceptors (Lipinski definition) is 4. The maximum atomic E-state index is 12.4. The van der Waals surface area contributed by atoms with Crippen molar-refractivity contribution in [2.24, 2.45) is 11.3 Å². The zero-order valence-electron chi connectivity index (χ0n) is 24.3. The molecule has 202 valence electrons. The number of rotatable bonds is 10. The molecule has 2 aromatic rings. The highest BCUT2D eigenvalue weighted by atomic mass is 16.2. The third-order valence-corrected chi connectivity index (χ3v) is 5.51. The second kappa shape index (κ2) is 16.8. The van der Waals surface area contributed by atoms with Crippen molar-refractivity contribution in [2.75, 3.05) is 6.54 Å². The molecule has 0 atom stereocenters. The van der Waals surface area contributed by atoms with E-state index in [9.17, 15) is 14.4 Å². The lowest BCUT2D eigenvalue weighted by atomic mass is 9.92. The lowest BCUT2D eigenvalue weighted by Gasteiger charge is -2.24. The predicted molar refractivity (Wildman–Crippen MR) is 150 cm³/mol. The minimum Gasteiger partial charge on any atom is -0.356 e. The summed E-state index contributed by atoms with van der Waals surface area (Å²) in [5, 5.41) is 7.09. The van der Waals surface area contributed by atoms with Crippen molar-refractivity contribution in [3.63, 3.8) is 0 Å². The second-order valence-electron chi connectivity index (χ2n) is 10.2. The van der Waals surface area contributed by atoms with E-state index in [2.05, 4.69) is 76.2 Å². The molecule has 0 radical (unpaired) electrons. The molecule has 2 rings (SSSR count). The summed E-state index contributed by atoms with van der Waals surface area (Å²) in [7, 11) is 0. The zero-order chi connectivity index (χ0) is 27.9. The lowest BCUT2D eigenvalue weighted by molar-refractivity contribution is -0.130. The highest BCUT2D eigenvalue weighted by Crippen LogP contribution is 2.20. The molecular weight excluding hydrogens is 450 g/mol. The fourth-order valence-corrected chi connectivity index (χ4v) is 3.16. The van der Waals surface area contributed by atoms with Crippen molar-refractivity contribution in [2.45, 2.75) is 101 Å². The number of aromatic nitrogens is 2. The second-order valence-corrected chi connectivity index (χ2v) is 10.2. The van der Waals surface area contributed by atoms with Gasteiger partial charge in [-0.3, -0.25) is 19.1 Å². The summed E-state index contributed by atoms with van der Waals surface area (Å²) in [5.41, 5.74) is 2.71. The van der Waals surface area contributed by atoms with Gasteiger partial charge < -0.3 is 5.32 Å². The Hall–Kier alpha value is -2.76. The van der Waals surface area contributed by atoms with Crippen LogP contribution < -0.4 is 5.32 Å². The maximum absolute atomic E-state index is 12.4. The van der Waals surface area contributed by atoms with E-state index in [1.54, 1.807) is 13.8 Å². The third kappa shape index (κ3) is 12.3. The van der Waals surface area contributed by atoms with Gasteiger partial charge in [0.2, 0.25) is 5.91 Å². The lowest BCUT2D eigenvalue weighted by Crippen LogP contribution is -2.41. The summed E-state index contributed by atoms with van der Waals surface area (Å²) in [6, 6.07) is 10.3. The number of aryl methyl sites for hydroxylation is 2. The van der Waals surface area contributed by atoms with E-state index in [1.807, 2.05) is 0 Å². The number of carbonyl (C=O) groups excluding carboxylic acids is 3. The van der Waals surface area contributed by atoms with Gasteiger partial charge in [-0.2, -0.15) is 5.10 Å². The van der Waals surface area contributed by atoms with Crippen molar-refractivity contribution < 1.29 is 14.4 Å². The zero-order valence-corrected chi connectivity index (χ0v) is 24.3. The molecule has 0 saturated heterocycles. The van der Waals surface area contributed by atoms with E-state index >= 15 is 0 Å². The van der Waals surface area contributed by atoms with Gasteiger partial charge in [0.05, 0.1) is 12.0 Å². The van der Waals surface area contributed by atoms with E-state index in [0.717, 1.165) is 19.3 Å². The molecule has 0 aliphatic carbocycles. The highest BCUT2D eigenvalue weighted by molar-refractivity contribution is 5.97. The topological polar surface area (TPSA) is 81.1 Å². The first-order valence-corrected chi connectivity index (χ1v) is 13.3. The van der Waals surface area contributed by atoms with Crippen LogP contribution >= 0.6 is 0 Å². The standard InChI is InChI=1S/C17H27N3O3.C10H14.C3H8/c1-11(2)7-8-18-16(23)17(5,6)10-20-15(13(4)22)9-14(19-20)12(3)21;1-3-9-5-7-10(4-2)8-6-9;1-3-2/h9,11H,7-8,10H2,1-6H3,(H,18,23);5-8H,3-4H2,1-2H3;3H2,1-2H3. The molecule has 6 heteroatoms. The SMILES string of the molecule is CC(=O)c1cc(C(C)=O)n(CC(C)(C)C(=O)NCCC(C)C)n1.CCC.CCc1ccc(CC)cc1. The van der Waals surface area contributed by atoms with Gasteiger partial charge >= 0.3 is 0 Å². The van der Waals surface area contributed by atoms with Crippen LogP contribution in [0, 0.1) is 11.3 Å². The molecule has 0 aliphatic heterocycles. The molecule has 1 heterocycles.